The number of halogens is 2. The largest absolute Gasteiger partial charge is 0.320 e. The Labute approximate surface area is 140 Å². The van der Waals surface area contributed by atoms with Gasteiger partial charge in [0.25, 0.3) is 5.56 Å². The third-order valence-corrected chi connectivity index (χ3v) is 4.77. The van der Waals surface area contributed by atoms with Crippen molar-refractivity contribution in [1.82, 2.24) is 9.97 Å². The highest BCUT2D eigenvalue weighted by Crippen LogP contribution is 2.24. The van der Waals surface area contributed by atoms with Crippen molar-refractivity contribution in [2.75, 3.05) is 5.32 Å². The zero-order valence-electron chi connectivity index (χ0n) is 12.9. The number of thioether (sulfide) groups is 1. The maximum Gasteiger partial charge on any atom is 0.254 e. The van der Waals surface area contributed by atoms with E-state index in [1.54, 1.807) is 6.92 Å². The summed E-state index contributed by atoms with van der Waals surface area (Å²) in [5, 5.41) is 1.88. The van der Waals surface area contributed by atoms with Gasteiger partial charge in [0.15, 0.2) is 5.16 Å². The Balaban J connectivity index is 1.73. The van der Waals surface area contributed by atoms with Crippen molar-refractivity contribution in [3.63, 3.8) is 0 Å². The fourth-order valence-corrected chi connectivity index (χ4v) is 3.35. The molecule has 1 unspecified atom stereocenters. The van der Waals surface area contributed by atoms with E-state index < -0.39 is 28.5 Å². The van der Waals surface area contributed by atoms with Crippen LogP contribution < -0.4 is 10.9 Å². The zero-order chi connectivity index (χ0) is 17.3. The summed E-state index contributed by atoms with van der Waals surface area (Å²) < 4.78 is 27.2. The molecule has 24 heavy (non-hydrogen) atoms. The van der Waals surface area contributed by atoms with Crippen LogP contribution in [-0.4, -0.2) is 21.1 Å². The van der Waals surface area contributed by atoms with Crippen LogP contribution in [0.25, 0.3) is 0 Å². The van der Waals surface area contributed by atoms with E-state index in [0.717, 1.165) is 42.4 Å². The van der Waals surface area contributed by atoms with Gasteiger partial charge in [0, 0.05) is 5.56 Å². The molecule has 1 heterocycles. The molecule has 1 aliphatic carbocycles. The lowest BCUT2D eigenvalue weighted by Crippen LogP contribution is -2.24. The lowest BCUT2D eigenvalue weighted by Gasteiger charge is -2.13. The van der Waals surface area contributed by atoms with E-state index in [2.05, 4.69) is 15.3 Å². The number of para-hydroxylation sites is 1. The molecular formula is C16H15F2N3O2S. The molecule has 0 fully saturated rings. The summed E-state index contributed by atoms with van der Waals surface area (Å²) in [5.41, 5.74) is 0.789. The fraction of sp³-hybridized carbons (Fsp3) is 0.312. The van der Waals surface area contributed by atoms with E-state index in [1.807, 2.05) is 0 Å². The number of hydrogen-bond donors (Lipinski definition) is 2. The lowest BCUT2D eigenvalue weighted by atomic mass is 10.3. The number of carbonyl (C=O) groups is 1. The maximum absolute atomic E-state index is 13.6. The average Bonchev–Trinajstić information content (AvgIpc) is 3.00. The van der Waals surface area contributed by atoms with E-state index in [4.69, 9.17) is 0 Å². The number of nitrogens with one attached hydrogen (secondary N) is 2. The van der Waals surface area contributed by atoms with Gasteiger partial charge in [0.2, 0.25) is 5.91 Å². The summed E-state index contributed by atoms with van der Waals surface area (Å²) in [6, 6.07) is 3.35. The highest BCUT2D eigenvalue weighted by molar-refractivity contribution is 8.00. The van der Waals surface area contributed by atoms with Crippen LogP contribution in [0.4, 0.5) is 14.5 Å². The molecule has 2 N–H and O–H groups in total. The van der Waals surface area contributed by atoms with Crippen LogP contribution in [0.3, 0.4) is 0 Å². The molecule has 1 aromatic heterocycles. The van der Waals surface area contributed by atoms with Crippen molar-refractivity contribution >= 4 is 23.4 Å². The van der Waals surface area contributed by atoms with Gasteiger partial charge in [-0.3, -0.25) is 9.59 Å². The molecule has 2 aromatic rings. The first-order valence-electron chi connectivity index (χ1n) is 7.49. The molecule has 1 amide bonds. The molecule has 5 nitrogen and oxygen atoms in total. The average molecular weight is 351 g/mol. The molecule has 3 rings (SSSR count). The predicted octanol–water partition coefficient (Wildman–Crippen LogP) is 2.66. The number of carbonyl (C=O) groups excluding carboxylic acids is 1. The monoisotopic (exact) mass is 351 g/mol. The first-order chi connectivity index (χ1) is 11.5. The number of benzene rings is 1. The summed E-state index contributed by atoms with van der Waals surface area (Å²) in [5.74, 6) is -2.26. The minimum Gasteiger partial charge on any atom is -0.320 e. The van der Waals surface area contributed by atoms with E-state index in [0.29, 0.717) is 17.1 Å². The van der Waals surface area contributed by atoms with Gasteiger partial charge in [0.1, 0.15) is 17.3 Å². The number of anilines is 1. The predicted molar refractivity (Wildman–Crippen MR) is 87.2 cm³/mol. The van der Waals surface area contributed by atoms with Gasteiger partial charge in [-0.15, -0.1) is 0 Å². The second kappa shape index (κ2) is 6.72. The van der Waals surface area contributed by atoms with Crippen LogP contribution >= 0.6 is 11.8 Å². The Morgan fingerprint density at radius 2 is 2.04 bits per heavy atom. The molecule has 1 atom stereocenters. The number of fused-ring (bicyclic) bond motifs is 1. The van der Waals surface area contributed by atoms with Crippen LogP contribution in [0.5, 0.6) is 0 Å². The van der Waals surface area contributed by atoms with E-state index in [-0.39, 0.29) is 5.56 Å². The molecule has 0 saturated heterocycles. The summed E-state index contributed by atoms with van der Waals surface area (Å²) in [6.45, 7) is 1.58. The highest BCUT2D eigenvalue weighted by atomic mass is 32.2. The molecule has 1 aliphatic rings. The molecule has 0 spiro atoms. The van der Waals surface area contributed by atoms with Crippen molar-refractivity contribution in [2.45, 2.75) is 36.6 Å². The first kappa shape index (κ1) is 16.6. The van der Waals surface area contributed by atoms with Gasteiger partial charge >= 0.3 is 0 Å². The maximum atomic E-state index is 13.6. The summed E-state index contributed by atoms with van der Waals surface area (Å²) >= 11 is 1.04. The highest BCUT2D eigenvalue weighted by Gasteiger charge is 2.22. The third-order valence-electron chi connectivity index (χ3n) is 3.79. The molecule has 0 bridgehead atoms. The van der Waals surface area contributed by atoms with Crippen LogP contribution in [-0.2, 0) is 17.6 Å². The Morgan fingerprint density at radius 1 is 1.33 bits per heavy atom. The van der Waals surface area contributed by atoms with Crippen molar-refractivity contribution in [3.05, 3.63) is 51.4 Å². The van der Waals surface area contributed by atoms with E-state index >= 15 is 0 Å². The number of rotatable bonds is 4. The number of aromatic nitrogens is 2. The van der Waals surface area contributed by atoms with Crippen LogP contribution in [0.15, 0.2) is 28.2 Å². The SMILES string of the molecule is CC(Sc1nc2c(c(=O)[nH]1)CCC2)C(=O)Nc1c(F)cccc1F. The second-order valence-electron chi connectivity index (χ2n) is 5.50. The van der Waals surface area contributed by atoms with Crippen molar-refractivity contribution in [3.8, 4) is 0 Å². The van der Waals surface area contributed by atoms with Crippen molar-refractivity contribution in [1.29, 1.82) is 0 Å². The number of amides is 1. The smallest absolute Gasteiger partial charge is 0.254 e. The molecule has 1 aromatic carbocycles. The van der Waals surface area contributed by atoms with Gasteiger partial charge in [-0.05, 0) is 38.3 Å². The van der Waals surface area contributed by atoms with Gasteiger partial charge < -0.3 is 10.3 Å². The van der Waals surface area contributed by atoms with Crippen LogP contribution in [0, 0.1) is 11.6 Å². The molecular weight excluding hydrogens is 336 g/mol. The third kappa shape index (κ3) is 3.33. The summed E-state index contributed by atoms with van der Waals surface area (Å²) in [6.07, 6.45) is 2.35. The molecule has 0 radical (unpaired) electrons. The minimum atomic E-state index is -0.843. The fourth-order valence-electron chi connectivity index (χ4n) is 2.54. The van der Waals surface area contributed by atoms with E-state index in [1.165, 1.54) is 6.07 Å². The molecule has 0 aliphatic heterocycles. The Morgan fingerprint density at radius 3 is 2.75 bits per heavy atom. The van der Waals surface area contributed by atoms with E-state index in [9.17, 15) is 18.4 Å². The lowest BCUT2D eigenvalue weighted by molar-refractivity contribution is -0.115. The number of aromatic amines is 1. The van der Waals surface area contributed by atoms with Gasteiger partial charge in [0.05, 0.1) is 10.9 Å². The molecule has 126 valence electrons. The summed E-state index contributed by atoms with van der Waals surface area (Å²) in [4.78, 5) is 31.1. The van der Waals surface area contributed by atoms with Gasteiger partial charge in [-0.1, -0.05) is 17.8 Å². The first-order valence-corrected chi connectivity index (χ1v) is 8.37. The number of aryl methyl sites for hydroxylation is 1. The van der Waals surface area contributed by atoms with Crippen LogP contribution in [0.1, 0.15) is 24.6 Å². The van der Waals surface area contributed by atoms with Crippen LogP contribution in [0.2, 0.25) is 0 Å². The van der Waals surface area contributed by atoms with Gasteiger partial charge in [-0.25, -0.2) is 13.8 Å². The number of nitrogens with zero attached hydrogens (tertiary/aromatic N) is 1. The van der Waals surface area contributed by atoms with Crippen molar-refractivity contribution in [2.24, 2.45) is 0 Å². The number of hydrogen-bond acceptors (Lipinski definition) is 4. The quantitative estimate of drug-likeness (QED) is 0.656. The Bertz CT molecular complexity index is 833. The van der Waals surface area contributed by atoms with Gasteiger partial charge in [-0.2, -0.15) is 0 Å². The Kier molecular flexibility index (Phi) is 4.66. The molecule has 8 heteroatoms. The number of H-pyrrole nitrogens is 1. The topological polar surface area (TPSA) is 74.8 Å². The normalized spacial score (nSPS) is 14.3. The van der Waals surface area contributed by atoms with Crippen molar-refractivity contribution < 1.29 is 13.6 Å². The molecule has 0 saturated carbocycles. The summed E-state index contributed by atoms with van der Waals surface area (Å²) in [7, 11) is 0. The second-order valence-corrected chi connectivity index (χ2v) is 6.83. The standard InChI is InChI=1S/C16H15F2N3O2S/c1-8(14(22)20-13-10(17)5-3-6-11(13)18)24-16-19-12-7-2-4-9(12)15(23)21-16/h3,5-6,8H,2,4,7H2,1H3,(H,20,22)(H,19,21,23). The minimum absolute atomic E-state index is 0.187. The Hall–Kier alpha value is -2.22. The zero-order valence-corrected chi connectivity index (χ0v) is 13.7.